The number of nitriles is 1. The first-order valence-corrected chi connectivity index (χ1v) is 12.6. The first kappa shape index (κ1) is 22.4. The Hall–Kier alpha value is -1.82. The molecule has 0 N–H and O–H groups in total. The van der Waals surface area contributed by atoms with Gasteiger partial charge in [0, 0.05) is 10.6 Å². The molecule has 0 saturated heterocycles. The summed E-state index contributed by atoms with van der Waals surface area (Å²) in [5, 5.41) is 10.3. The molecule has 0 saturated carbocycles. The first-order valence-electron chi connectivity index (χ1n) is 9.04. The van der Waals surface area contributed by atoms with E-state index in [2.05, 4.69) is 42.9 Å². The lowest BCUT2D eigenvalue weighted by Crippen LogP contribution is -1.98. The van der Waals surface area contributed by atoms with Crippen LogP contribution in [0.4, 0.5) is 0 Å². The summed E-state index contributed by atoms with van der Waals surface area (Å²) in [5.41, 5.74) is 2.72. The summed E-state index contributed by atoms with van der Waals surface area (Å²) in [6.45, 7) is 0.350. The SMILES string of the molecule is N#C/C(=C\c1cc(Br)c(OCc2ccccc2Cl)c(Br)c1)Sc1nc2ccccc2s1. The number of benzene rings is 3. The predicted octanol–water partition coefficient (Wildman–Crippen LogP) is 8.71. The number of thioether (sulfide) groups is 1. The van der Waals surface area contributed by atoms with Crippen LogP contribution in [-0.2, 0) is 6.61 Å². The van der Waals surface area contributed by atoms with Gasteiger partial charge >= 0.3 is 0 Å². The second-order valence-electron chi connectivity index (χ2n) is 6.36. The summed E-state index contributed by atoms with van der Waals surface area (Å²) in [7, 11) is 0. The zero-order chi connectivity index (χ0) is 21.8. The van der Waals surface area contributed by atoms with Gasteiger partial charge in [0.25, 0.3) is 0 Å². The fourth-order valence-electron chi connectivity index (χ4n) is 2.79. The maximum atomic E-state index is 9.63. The van der Waals surface area contributed by atoms with Gasteiger partial charge in [-0.3, -0.25) is 0 Å². The van der Waals surface area contributed by atoms with Crippen molar-refractivity contribution in [1.82, 2.24) is 4.98 Å². The molecule has 8 heteroatoms. The highest BCUT2D eigenvalue weighted by Gasteiger charge is 2.12. The highest BCUT2D eigenvalue weighted by Crippen LogP contribution is 2.38. The van der Waals surface area contributed by atoms with Crippen LogP contribution in [0.5, 0.6) is 5.75 Å². The number of para-hydroxylation sites is 1. The molecule has 0 atom stereocenters. The van der Waals surface area contributed by atoms with E-state index in [0.717, 1.165) is 34.6 Å². The second-order valence-corrected chi connectivity index (χ2v) is 10.8. The van der Waals surface area contributed by atoms with Crippen molar-refractivity contribution in [3.8, 4) is 11.8 Å². The van der Waals surface area contributed by atoms with Gasteiger partial charge in [-0.05, 0) is 85.6 Å². The molecule has 0 aliphatic heterocycles. The Morgan fingerprint density at radius 1 is 1.13 bits per heavy atom. The van der Waals surface area contributed by atoms with Crippen LogP contribution in [0, 0.1) is 11.3 Å². The number of halogens is 3. The molecule has 31 heavy (non-hydrogen) atoms. The molecular weight excluding hydrogens is 580 g/mol. The maximum Gasteiger partial charge on any atom is 0.156 e. The van der Waals surface area contributed by atoms with E-state index in [1.165, 1.54) is 11.8 Å². The fraction of sp³-hybridized carbons (Fsp3) is 0.0435. The lowest BCUT2D eigenvalue weighted by Gasteiger charge is -2.12. The molecular formula is C23H13Br2ClN2OS2. The Bertz CT molecular complexity index is 1270. The van der Waals surface area contributed by atoms with Crippen molar-refractivity contribution in [2.45, 2.75) is 10.9 Å². The first-order chi connectivity index (χ1) is 15.0. The van der Waals surface area contributed by atoms with Crippen LogP contribution in [0.15, 0.2) is 78.9 Å². The second kappa shape index (κ2) is 10.2. The highest BCUT2D eigenvalue weighted by molar-refractivity contribution is 9.11. The van der Waals surface area contributed by atoms with Gasteiger partial charge in [-0.1, -0.05) is 41.9 Å². The lowest BCUT2D eigenvalue weighted by atomic mass is 10.2. The minimum atomic E-state index is 0.350. The van der Waals surface area contributed by atoms with Crippen molar-refractivity contribution in [1.29, 1.82) is 5.26 Å². The molecule has 0 radical (unpaired) electrons. The van der Waals surface area contributed by atoms with Gasteiger partial charge < -0.3 is 4.74 Å². The van der Waals surface area contributed by atoms with Crippen molar-refractivity contribution in [3.63, 3.8) is 0 Å². The van der Waals surface area contributed by atoms with Gasteiger partial charge in [-0.15, -0.1) is 11.3 Å². The van der Waals surface area contributed by atoms with Crippen LogP contribution in [0.25, 0.3) is 16.3 Å². The summed E-state index contributed by atoms with van der Waals surface area (Å²) in [6, 6.07) is 21.6. The summed E-state index contributed by atoms with van der Waals surface area (Å²) >= 11 is 16.3. The molecule has 0 aliphatic carbocycles. The van der Waals surface area contributed by atoms with Crippen LogP contribution < -0.4 is 4.74 Å². The Labute approximate surface area is 210 Å². The van der Waals surface area contributed by atoms with Crippen molar-refractivity contribution >= 4 is 82.9 Å². The average molecular weight is 593 g/mol. The Kier molecular flexibility index (Phi) is 7.36. The van der Waals surface area contributed by atoms with Crippen LogP contribution in [0.1, 0.15) is 11.1 Å². The number of hydrogen-bond donors (Lipinski definition) is 0. The van der Waals surface area contributed by atoms with Gasteiger partial charge in [-0.25, -0.2) is 4.98 Å². The third-order valence-electron chi connectivity index (χ3n) is 4.23. The van der Waals surface area contributed by atoms with Crippen LogP contribution >= 0.6 is 66.6 Å². The van der Waals surface area contributed by atoms with Crippen LogP contribution in [0.3, 0.4) is 0 Å². The number of rotatable bonds is 6. The maximum absolute atomic E-state index is 9.63. The Morgan fingerprint density at radius 2 is 1.84 bits per heavy atom. The van der Waals surface area contributed by atoms with Gasteiger partial charge in [-0.2, -0.15) is 5.26 Å². The zero-order valence-electron chi connectivity index (χ0n) is 15.8. The van der Waals surface area contributed by atoms with Crippen LogP contribution in [0.2, 0.25) is 5.02 Å². The molecule has 4 rings (SSSR count). The smallest absolute Gasteiger partial charge is 0.156 e. The van der Waals surface area contributed by atoms with Crippen molar-refractivity contribution in [2.75, 3.05) is 0 Å². The monoisotopic (exact) mass is 590 g/mol. The standard InChI is InChI=1S/C23H13Br2ClN2OS2/c24-17-10-14(11-18(25)22(17)29-13-15-5-1-2-6-19(15)26)9-16(12-27)30-23-28-20-7-3-4-8-21(20)31-23/h1-11H,13H2/b16-9+. The van der Waals surface area contributed by atoms with Gasteiger partial charge in [0.15, 0.2) is 4.34 Å². The largest absolute Gasteiger partial charge is 0.486 e. The summed E-state index contributed by atoms with van der Waals surface area (Å²) in [4.78, 5) is 5.15. The molecule has 0 amide bonds. The third-order valence-corrected chi connectivity index (χ3v) is 7.80. The van der Waals surface area contributed by atoms with E-state index in [9.17, 15) is 5.26 Å². The molecule has 0 fully saturated rings. The van der Waals surface area contributed by atoms with Crippen molar-refractivity contribution < 1.29 is 4.74 Å². The topological polar surface area (TPSA) is 45.9 Å². The fourth-order valence-corrected chi connectivity index (χ4v) is 6.41. The number of fused-ring (bicyclic) bond motifs is 1. The molecule has 3 nitrogen and oxygen atoms in total. The van der Waals surface area contributed by atoms with E-state index in [1.54, 1.807) is 11.3 Å². The Balaban J connectivity index is 1.53. The van der Waals surface area contributed by atoms with Gasteiger partial charge in [0.1, 0.15) is 18.4 Å². The van der Waals surface area contributed by atoms with Crippen LogP contribution in [-0.4, -0.2) is 4.98 Å². The number of aromatic nitrogens is 1. The van der Waals surface area contributed by atoms with E-state index in [4.69, 9.17) is 16.3 Å². The number of nitrogens with zero attached hydrogens (tertiary/aromatic N) is 2. The molecule has 4 aromatic rings. The van der Waals surface area contributed by atoms with E-state index in [1.807, 2.05) is 66.7 Å². The third kappa shape index (κ3) is 5.51. The molecule has 154 valence electrons. The van der Waals surface area contributed by atoms with Crippen molar-refractivity contribution in [3.05, 3.63) is 90.7 Å². The predicted molar refractivity (Wildman–Crippen MR) is 137 cm³/mol. The number of thiazole rings is 1. The molecule has 1 heterocycles. The highest BCUT2D eigenvalue weighted by atomic mass is 79.9. The lowest BCUT2D eigenvalue weighted by molar-refractivity contribution is 0.302. The summed E-state index contributed by atoms with van der Waals surface area (Å²) in [5.74, 6) is 0.675. The molecule has 3 aromatic carbocycles. The van der Waals surface area contributed by atoms with E-state index in [0.29, 0.717) is 22.3 Å². The molecule has 0 bridgehead atoms. The number of allylic oxidation sites excluding steroid dienone is 1. The average Bonchev–Trinajstić information content (AvgIpc) is 3.16. The number of hydrogen-bond acceptors (Lipinski definition) is 5. The quantitative estimate of drug-likeness (QED) is 0.166. The number of ether oxygens (including phenoxy) is 1. The minimum absolute atomic E-state index is 0.350. The van der Waals surface area contributed by atoms with Gasteiger partial charge in [0.05, 0.1) is 24.1 Å². The molecule has 1 aromatic heterocycles. The molecule has 0 unspecified atom stereocenters. The summed E-state index contributed by atoms with van der Waals surface area (Å²) in [6.07, 6.45) is 1.84. The van der Waals surface area contributed by atoms with E-state index in [-0.39, 0.29) is 0 Å². The van der Waals surface area contributed by atoms with Crippen molar-refractivity contribution in [2.24, 2.45) is 0 Å². The molecule has 0 aliphatic rings. The van der Waals surface area contributed by atoms with E-state index < -0.39 is 0 Å². The Morgan fingerprint density at radius 3 is 2.55 bits per heavy atom. The molecule has 0 spiro atoms. The minimum Gasteiger partial charge on any atom is -0.486 e. The summed E-state index contributed by atoms with van der Waals surface area (Å²) < 4.78 is 9.48. The van der Waals surface area contributed by atoms with E-state index >= 15 is 0 Å². The zero-order valence-corrected chi connectivity index (χ0v) is 21.4. The normalized spacial score (nSPS) is 11.5. The van der Waals surface area contributed by atoms with Gasteiger partial charge in [0.2, 0.25) is 0 Å².